The van der Waals surface area contributed by atoms with Gasteiger partial charge in [-0.15, -0.1) is 0 Å². The Morgan fingerprint density at radius 1 is 0.976 bits per heavy atom. The predicted octanol–water partition coefficient (Wildman–Crippen LogP) is 7.64. The summed E-state index contributed by atoms with van der Waals surface area (Å²) < 4.78 is 18.0. The molecule has 3 fully saturated rings. The van der Waals surface area contributed by atoms with Crippen molar-refractivity contribution in [2.45, 2.75) is 69.2 Å². The number of nitrogens with zero attached hydrogens (tertiary/aromatic N) is 4. The molecule has 4 heterocycles. The molecule has 2 bridgehead atoms. The molecule has 2 aliphatic heterocycles. The number of anilines is 1. The molecule has 1 saturated carbocycles. The van der Waals surface area contributed by atoms with Gasteiger partial charge in [-0.05, 0) is 62.8 Å². The van der Waals surface area contributed by atoms with Crippen LogP contribution >= 0.6 is 34.8 Å². The van der Waals surface area contributed by atoms with E-state index in [1.54, 1.807) is 24.3 Å². The monoisotopic (exact) mass is 614 g/mol. The van der Waals surface area contributed by atoms with E-state index in [1.165, 1.54) is 6.07 Å². The Bertz CT molecular complexity index is 1600. The van der Waals surface area contributed by atoms with Gasteiger partial charge in [0.15, 0.2) is 0 Å². The van der Waals surface area contributed by atoms with Gasteiger partial charge < -0.3 is 23.8 Å². The zero-order valence-corrected chi connectivity index (χ0v) is 24.0. The van der Waals surface area contributed by atoms with E-state index in [0.29, 0.717) is 51.2 Å². The maximum absolute atomic E-state index is 11.3. The average molecular weight is 616 g/mol. The van der Waals surface area contributed by atoms with E-state index in [-0.39, 0.29) is 28.8 Å². The second-order valence-corrected chi connectivity index (χ2v) is 12.1. The Kier molecular flexibility index (Phi) is 6.93. The lowest BCUT2D eigenvalue weighted by atomic mass is 9.99. The normalized spacial score (nSPS) is 21.9. The number of hydrogen-bond donors (Lipinski definition) is 1. The summed E-state index contributed by atoms with van der Waals surface area (Å²) in [4.78, 5) is 18.1. The largest absolute Gasteiger partial charge is 0.478 e. The first-order valence-corrected chi connectivity index (χ1v) is 14.7. The summed E-state index contributed by atoms with van der Waals surface area (Å²) in [5.74, 6) is 0.499. The van der Waals surface area contributed by atoms with Gasteiger partial charge in [-0.1, -0.05) is 57.2 Å². The molecule has 1 aliphatic carbocycles. The van der Waals surface area contributed by atoms with E-state index >= 15 is 0 Å². The summed E-state index contributed by atoms with van der Waals surface area (Å²) in [7, 11) is 0. The van der Waals surface area contributed by atoms with Gasteiger partial charge in [0.05, 0.1) is 33.3 Å². The summed E-state index contributed by atoms with van der Waals surface area (Å²) in [6.07, 6.45) is 5.83. The number of ether oxygens (including phenoxy) is 1. The van der Waals surface area contributed by atoms with Gasteiger partial charge in [-0.2, -0.15) is 4.98 Å². The second kappa shape index (κ2) is 10.6. The standard InChI is InChI=1S/C29H25Cl3N4O5/c30-21-2-1-3-22(31)24(21)25-20(26(40-34-25)14-4-5-14)13-39-18-11-16-7-8-17(12-18)36(16)29-33-27(35-41-29)15-6-9-19(28(37)38)23(32)10-15/h1-3,6,9-10,14,16-18H,4-5,7-8,11-13H2,(H,37,38)/t16-,17+,18?. The molecular formula is C29H25Cl3N4O5. The third kappa shape index (κ3) is 4.99. The molecule has 3 atom stereocenters. The number of piperidine rings is 1. The highest BCUT2D eigenvalue weighted by Crippen LogP contribution is 2.47. The Morgan fingerprint density at radius 3 is 2.37 bits per heavy atom. The second-order valence-electron chi connectivity index (χ2n) is 10.8. The molecule has 1 unspecified atom stereocenters. The zero-order valence-electron chi connectivity index (χ0n) is 21.7. The van der Waals surface area contributed by atoms with Gasteiger partial charge in [0.2, 0.25) is 5.82 Å². The van der Waals surface area contributed by atoms with E-state index in [2.05, 4.69) is 20.2 Å². The lowest BCUT2D eigenvalue weighted by Crippen LogP contribution is -2.45. The van der Waals surface area contributed by atoms with Crippen LogP contribution in [0.25, 0.3) is 22.6 Å². The van der Waals surface area contributed by atoms with Crippen molar-refractivity contribution in [2.75, 3.05) is 4.90 Å². The lowest BCUT2D eigenvalue weighted by Gasteiger charge is -2.37. The summed E-state index contributed by atoms with van der Waals surface area (Å²) in [6, 6.07) is 10.9. The molecule has 2 aromatic heterocycles. The molecule has 0 radical (unpaired) electrons. The fraction of sp³-hybridized carbons (Fsp3) is 0.379. The smallest absolute Gasteiger partial charge is 0.337 e. The molecule has 41 heavy (non-hydrogen) atoms. The number of carbonyl (C=O) groups is 1. The number of fused-ring (bicyclic) bond motifs is 2. The third-order valence-electron chi connectivity index (χ3n) is 8.21. The Balaban J connectivity index is 1.07. The minimum atomic E-state index is -1.09. The van der Waals surface area contributed by atoms with E-state index in [0.717, 1.165) is 49.8 Å². The van der Waals surface area contributed by atoms with Crippen LogP contribution in [0.1, 0.15) is 66.1 Å². The Hall–Kier alpha value is -3.11. The van der Waals surface area contributed by atoms with E-state index < -0.39 is 5.97 Å². The van der Waals surface area contributed by atoms with Crippen LogP contribution in [0.2, 0.25) is 15.1 Å². The Labute approximate surface area is 250 Å². The highest BCUT2D eigenvalue weighted by atomic mass is 35.5. The van der Waals surface area contributed by atoms with Crippen LogP contribution in [0.4, 0.5) is 6.01 Å². The number of carboxylic acid groups (broad SMARTS) is 1. The summed E-state index contributed by atoms with van der Waals surface area (Å²) in [5.41, 5.74) is 2.86. The van der Waals surface area contributed by atoms with Gasteiger partial charge in [-0.25, -0.2) is 4.79 Å². The number of halogens is 3. The molecule has 2 saturated heterocycles. The molecule has 9 nitrogen and oxygen atoms in total. The zero-order chi connectivity index (χ0) is 28.2. The van der Waals surface area contributed by atoms with Gasteiger partial charge in [0.25, 0.3) is 0 Å². The van der Waals surface area contributed by atoms with E-state index in [4.69, 9.17) is 48.6 Å². The molecule has 0 amide bonds. The number of aromatic nitrogens is 3. The first kappa shape index (κ1) is 26.8. The first-order valence-electron chi connectivity index (χ1n) is 13.6. The predicted molar refractivity (Wildman–Crippen MR) is 153 cm³/mol. The van der Waals surface area contributed by atoms with Crippen LogP contribution in [0.15, 0.2) is 45.4 Å². The Morgan fingerprint density at radius 2 is 1.71 bits per heavy atom. The highest BCUT2D eigenvalue weighted by Gasteiger charge is 2.44. The average Bonchev–Trinajstić information content (AvgIpc) is 3.41. The van der Waals surface area contributed by atoms with Crippen LogP contribution < -0.4 is 4.90 Å². The van der Waals surface area contributed by atoms with Gasteiger partial charge >= 0.3 is 12.0 Å². The topological polar surface area (TPSA) is 115 Å². The van der Waals surface area contributed by atoms with Crippen LogP contribution in [0.5, 0.6) is 0 Å². The van der Waals surface area contributed by atoms with Crippen molar-refractivity contribution in [3.05, 3.63) is 68.4 Å². The van der Waals surface area contributed by atoms with Crippen molar-refractivity contribution < 1.29 is 23.7 Å². The van der Waals surface area contributed by atoms with Crippen LogP contribution in [-0.4, -0.2) is 44.6 Å². The van der Waals surface area contributed by atoms with Gasteiger partial charge in [0, 0.05) is 34.7 Å². The fourth-order valence-electron chi connectivity index (χ4n) is 6.09. The molecule has 7 rings (SSSR count). The van der Waals surface area contributed by atoms with Crippen molar-refractivity contribution >= 4 is 46.8 Å². The highest BCUT2D eigenvalue weighted by molar-refractivity contribution is 6.39. The minimum Gasteiger partial charge on any atom is -0.478 e. The summed E-state index contributed by atoms with van der Waals surface area (Å²) in [5, 5.41) is 18.9. The number of carboxylic acids is 1. The number of hydrogen-bond acceptors (Lipinski definition) is 8. The molecule has 12 heteroatoms. The van der Waals surface area contributed by atoms with Gasteiger partial charge in [-0.3, -0.25) is 0 Å². The van der Waals surface area contributed by atoms with Crippen LogP contribution in [0.3, 0.4) is 0 Å². The maximum Gasteiger partial charge on any atom is 0.337 e. The SMILES string of the molecule is O=C(O)c1ccc(-c2noc(N3[C@@H]4CC[C@H]3CC(OCc3c(-c5c(Cl)cccc5Cl)noc3C3CC3)C4)n2)cc1Cl. The lowest BCUT2D eigenvalue weighted by molar-refractivity contribution is 0.0138. The molecule has 1 N–H and O–H groups in total. The number of benzene rings is 2. The first-order chi connectivity index (χ1) is 19.9. The summed E-state index contributed by atoms with van der Waals surface area (Å²) in [6.45, 7) is 0.369. The fourth-order valence-corrected chi connectivity index (χ4v) is 6.93. The number of rotatable bonds is 8. The molecular weight excluding hydrogens is 591 g/mol. The van der Waals surface area contributed by atoms with Crippen molar-refractivity contribution in [3.8, 4) is 22.6 Å². The maximum atomic E-state index is 11.3. The number of aromatic carboxylic acids is 1. The van der Waals surface area contributed by atoms with Gasteiger partial charge in [0.1, 0.15) is 11.5 Å². The minimum absolute atomic E-state index is 0.0248. The van der Waals surface area contributed by atoms with Crippen LogP contribution in [0, 0.1) is 0 Å². The molecule has 0 spiro atoms. The molecule has 3 aliphatic rings. The van der Waals surface area contributed by atoms with Crippen molar-refractivity contribution in [1.29, 1.82) is 0 Å². The van der Waals surface area contributed by atoms with Crippen molar-refractivity contribution in [2.24, 2.45) is 0 Å². The van der Waals surface area contributed by atoms with Crippen LogP contribution in [-0.2, 0) is 11.3 Å². The van der Waals surface area contributed by atoms with E-state index in [1.807, 2.05) is 6.07 Å². The van der Waals surface area contributed by atoms with Crippen molar-refractivity contribution in [1.82, 2.24) is 15.3 Å². The quantitative estimate of drug-likeness (QED) is 0.213. The van der Waals surface area contributed by atoms with Crippen molar-refractivity contribution in [3.63, 3.8) is 0 Å². The molecule has 4 aromatic rings. The third-order valence-corrected chi connectivity index (χ3v) is 9.16. The summed E-state index contributed by atoms with van der Waals surface area (Å²) >= 11 is 19.2. The molecule has 2 aromatic carbocycles. The van der Waals surface area contributed by atoms with E-state index in [9.17, 15) is 9.90 Å². The molecule has 212 valence electrons.